The number of hydrogen-bond acceptors (Lipinski definition) is 6. The van der Waals surface area contributed by atoms with Gasteiger partial charge in [-0.15, -0.1) is 11.3 Å². The lowest BCUT2D eigenvalue weighted by molar-refractivity contribution is -0.140. The highest BCUT2D eigenvalue weighted by Gasteiger charge is 2.28. The molecule has 2 heterocycles. The van der Waals surface area contributed by atoms with Crippen LogP contribution in [-0.4, -0.2) is 35.5 Å². The van der Waals surface area contributed by atoms with Crippen LogP contribution in [0.4, 0.5) is 0 Å². The molecular formula is C17H21N3O3S. The first-order chi connectivity index (χ1) is 11.5. The monoisotopic (exact) mass is 347 g/mol. The summed E-state index contributed by atoms with van der Waals surface area (Å²) in [6.45, 7) is 4.36. The third kappa shape index (κ3) is 3.40. The number of amides is 1. The summed E-state index contributed by atoms with van der Waals surface area (Å²) in [5.41, 5.74) is 1.88. The second-order valence-corrected chi connectivity index (χ2v) is 7.11. The molecule has 128 valence electrons. The molecule has 1 aliphatic carbocycles. The Morgan fingerprint density at radius 2 is 2.04 bits per heavy atom. The molecule has 0 bridgehead atoms. The van der Waals surface area contributed by atoms with E-state index in [1.807, 2.05) is 13.8 Å². The first-order valence-corrected chi connectivity index (χ1v) is 8.95. The lowest BCUT2D eigenvalue weighted by atomic mass is 10.1. The minimum absolute atomic E-state index is 0.118. The number of aryl methyl sites for hydroxylation is 2. The summed E-state index contributed by atoms with van der Waals surface area (Å²) in [5, 5.41) is 3.85. The molecule has 6 nitrogen and oxygen atoms in total. The first-order valence-electron chi connectivity index (χ1n) is 8.14. The second kappa shape index (κ2) is 6.84. The standard InChI is InChI=1S/C17H21N3O3S/c1-9-13-10(2)19-15(11-6-7-11)20-17(13)24-14(9)16(22)18-8-4-5-12(21)23-3/h11H,4-8H2,1-3H3,(H,18,22). The van der Waals surface area contributed by atoms with Crippen LogP contribution in [0, 0.1) is 13.8 Å². The van der Waals surface area contributed by atoms with E-state index in [-0.39, 0.29) is 11.9 Å². The maximum atomic E-state index is 12.4. The van der Waals surface area contributed by atoms with Gasteiger partial charge >= 0.3 is 5.97 Å². The molecule has 0 unspecified atom stereocenters. The number of nitrogens with zero attached hydrogens (tertiary/aromatic N) is 2. The van der Waals surface area contributed by atoms with Crippen LogP contribution in [0.3, 0.4) is 0 Å². The van der Waals surface area contributed by atoms with Crippen LogP contribution in [0.15, 0.2) is 0 Å². The molecule has 2 aromatic rings. The summed E-state index contributed by atoms with van der Waals surface area (Å²) in [6, 6.07) is 0. The number of hydrogen-bond donors (Lipinski definition) is 1. The number of carbonyl (C=O) groups is 2. The highest BCUT2D eigenvalue weighted by molar-refractivity contribution is 7.20. The third-order valence-electron chi connectivity index (χ3n) is 4.21. The number of thiophene rings is 1. The fourth-order valence-corrected chi connectivity index (χ4v) is 3.87. The van der Waals surface area contributed by atoms with Crippen molar-refractivity contribution in [3.63, 3.8) is 0 Å². The Bertz CT molecular complexity index is 796. The van der Waals surface area contributed by atoms with Crippen molar-refractivity contribution in [3.8, 4) is 0 Å². The normalized spacial score (nSPS) is 14.0. The summed E-state index contributed by atoms with van der Waals surface area (Å²) in [4.78, 5) is 34.3. The van der Waals surface area contributed by atoms with E-state index in [0.29, 0.717) is 30.2 Å². The fourth-order valence-electron chi connectivity index (χ4n) is 2.72. The van der Waals surface area contributed by atoms with Gasteiger partial charge in [-0.25, -0.2) is 9.97 Å². The molecule has 24 heavy (non-hydrogen) atoms. The summed E-state index contributed by atoms with van der Waals surface area (Å²) in [7, 11) is 1.36. The molecule has 2 aromatic heterocycles. The molecular weight excluding hydrogens is 326 g/mol. The predicted octanol–water partition coefficient (Wildman–Crippen LogP) is 2.87. The molecule has 0 saturated heterocycles. The molecule has 1 fully saturated rings. The van der Waals surface area contributed by atoms with Crippen LogP contribution in [0.2, 0.25) is 0 Å². The van der Waals surface area contributed by atoms with E-state index in [0.717, 1.165) is 40.1 Å². The van der Waals surface area contributed by atoms with Gasteiger partial charge in [-0.1, -0.05) is 0 Å². The average Bonchev–Trinajstić information content (AvgIpc) is 3.35. The lowest BCUT2D eigenvalue weighted by Crippen LogP contribution is -2.24. The van der Waals surface area contributed by atoms with Crippen LogP contribution >= 0.6 is 11.3 Å². The molecule has 0 aliphatic heterocycles. The van der Waals surface area contributed by atoms with Crippen molar-refractivity contribution in [1.82, 2.24) is 15.3 Å². The minimum atomic E-state index is -0.263. The van der Waals surface area contributed by atoms with Crippen LogP contribution in [0.25, 0.3) is 10.2 Å². The highest BCUT2D eigenvalue weighted by atomic mass is 32.1. The van der Waals surface area contributed by atoms with Crippen LogP contribution in [-0.2, 0) is 9.53 Å². The number of aromatic nitrogens is 2. The summed E-state index contributed by atoms with van der Waals surface area (Å²) in [6.07, 6.45) is 3.18. The van der Waals surface area contributed by atoms with E-state index in [1.54, 1.807) is 0 Å². The van der Waals surface area contributed by atoms with Gasteiger partial charge in [0.05, 0.1) is 17.7 Å². The molecule has 3 rings (SSSR count). The van der Waals surface area contributed by atoms with E-state index < -0.39 is 0 Å². The van der Waals surface area contributed by atoms with Gasteiger partial charge in [0.1, 0.15) is 10.7 Å². The third-order valence-corrected chi connectivity index (χ3v) is 5.39. The fraction of sp³-hybridized carbons (Fsp3) is 0.529. The van der Waals surface area contributed by atoms with Gasteiger partial charge in [0.15, 0.2) is 0 Å². The average molecular weight is 347 g/mol. The zero-order chi connectivity index (χ0) is 17.3. The topological polar surface area (TPSA) is 81.2 Å². The molecule has 1 N–H and O–H groups in total. The SMILES string of the molecule is COC(=O)CCCNC(=O)c1sc2nc(C3CC3)nc(C)c2c1C. The quantitative estimate of drug-likeness (QED) is 0.642. The van der Waals surface area contributed by atoms with Crippen LogP contribution in [0.5, 0.6) is 0 Å². The smallest absolute Gasteiger partial charge is 0.305 e. The number of esters is 1. The maximum Gasteiger partial charge on any atom is 0.305 e. The molecule has 1 amide bonds. The van der Waals surface area contributed by atoms with Crippen LogP contribution in [0.1, 0.15) is 58.4 Å². The molecule has 7 heteroatoms. The van der Waals surface area contributed by atoms with E-state index in [9.17, 15) is 9.59 Å². The van der Waals surface area contributed by atoms with Crippen molar-refractivity contribution in [2.45, 2.75) is 45.4 Å². The molecule has 1 aliphatic rings. The molecule has 0 aromatic carbocycles. The first kappa shape index (κ1) is 16.8. The molecule has 0 atom stereocenters. The Hall–Kier alpha value is -2.02. The zero-order valence-electron chi connectivity index (χ0n) is 14.1. The molecule has 0 radical (unpaired) electrons. The number of methoxy groups -OCH3 is 1. The van der Waals surface area contributed by atoms with Crippen LogP contribution < -0.4 is 5.32 Å². The number of ether oxygens (including phenoxy) is 1. The Morgan fingerprint density at radius 1 is 1.29 bits per heavy atom. The Balaban J connectivity index is 1.74. The van der Waals surface area contributed by atoms with Crippen molar-refractivity contribution >= 4 is 33.4 Å². The zero-order valence-corrected chi connectivity index (χ0v) is 15.0. The van der Waals surface area contributed by atoms with E-state index in [4.69, 9.17) is 0 Å². The predicted molar refractivity (Wildman–Crippen MR) is 92.4 cm³/mol. The minimum Gasteiger partial charge on any atom is -0.469 e. The Labute approximate surface area is 144 Å². The highest BCUT2D eigenvalue weighted by Crippen LogP contribution is 2.40. The number of carbonyl (C=O) groups excluding carboxylic acids is 2. The number of rotatable bonds is 6. The molecule has 1 saturated carbocycles. The van der Waals surface area contributed by atoms with Gasteiger partial charge < -0.3 is 10.1 Å². The summed E-state index contributed by atoms with van der Waals surface area (Å²) in [5.74, 6) is 1.02. The van der Waals surface area contributed by atoms with Gasteiger partial charge in [0, 0.05) is 24.3 Å². The van der Waals surface area contributed by atoms with Gasteiger partial charge in [0.25, 0.3) is 5.91 Å². The summed E-state index contributed by atoms with van der Waals surface area (Å²) < 4.78 is 4.58. The number of nitrogens with one attached hydrogen (secondary N) is 1. The van der Waals surface area contributed by atoms with Crippen molar-refractivity contribution in [2.24, 2.45) is 0 Å². The van der Waals surface area contributed by atoms with Crippen molar-refractivity contribution in [2.75, 3.05) is 13.7 Å². The Morgan fingerprint density at radius 3 is 2.71 bits per heavy atom. The van der Waals surface area contributed by atoms with E-state index in [1.165, 1.54) is 18.4 Å². The van der Waals surface area contributed by atoms with Crippen molar-refractivity contribution < 1.29 is 14.3 Å². The maximum absolute atomic E-state index is 12.4. The van der Waals surface area contributed by atoms with Gasteiger partial charge in [-0.3, -0.25) is 9.59 Å². The number of fused-ring (bicyclic) bond motifs is 1. The lowest BCUT2D eigenvalue weighted by Gasteiger charge is -2.04. The van der Waals surface area contributed by atoms with Gasteiger partial charge in [0.2, 0.25) is 0 Å². The van der Waals surface area contributed by atoms with Crippen molar-refractivity contribution in [1.29, 1.82) is 0 Å². The molecule has 0 spiro atoms. The van der Waals surface area contributed by atoms with Gasteiger partial charge in [-0.2, -0.15) is 0 Å². The van der Waals surface area contributed by atoms with Gasteiger partial charge in [-0.05, 0) is 38.7 Å². The Kier molecular flexibility index (Phi) is 4.80. The van der Waals surface area contributed by atoms with E-state index >= 15 is 0 Å². The largest absolute Gasteiger partial charge is 0.469 e. The second-order valence-electron chi connectivity index (χ2n) is 6.11. The van der Waals surface area contributed by atoms with E-state index in [2.05, 4.69) is 20.0 Å². The van der Waals surface area contributed by atoms with Crippen molar-refractivity contribution in [3.05, 3.63) is 22.0 Å². The summed E-state index contributed by atoms with van der Waals surface area (Å²) >= 11 is 1.42.